The monoisotopic (exact) mass is 391 g/mol. The highest BCUT2D eigenvalue weighted by atomic mass is 35.5. The average Bonchev–Trinajstić information content (AvgIpc) is 2.90. The number of aromatic nitrogens is 1. The predicted octanol–water partition coefficient (Wildman–Crippen LogP) is 4.30. The van der Waals surface area contributed by atoms with E-state index in [0.29, 0.717) is 24.5 Å². The highest BCUT2D eigenvalue weighted by Crippen LogP contribution is 2.34. The second kappa shape index (κ2) is 8.25. The molecule has 1 aliphatic rings. The van der Waals surface area contributed by atoms with E-state index in [1.807, 2.05) is 18.2 Å². The zero-order chi connectivity index (χ0) is 18.5. The smallest absolute Gasteiger partial charge is 0.356 e. The van der Waals surface area contributed by atoms with Gasteiger partial charge in [-0.05, 0) is 35.9 Å². The molecule has 2 heterocycles. The van der Waals surface area contributed by atoms with Crippen molar-refractivity contribution in [3.63, 3.8) is 0 Å². The van der Waals surface area contributed by atoms with E-state index in [1.54, 1.807) is 37.6 Å². The van der Waals surface area contributed by atoms with E-state index in [1.165, 1.54) is 0 Å². The van der Waals surface area contributed by atoms with Crippen LogP contribution in [0.4, 0.5) is 0 Å². The van der Waals surface area contributed by atoms with Crippen molar-refractivity contribution in [1.29, 1.82) is 0 Å². The molecule has 134 valence electrons. The molecular weight excluding hydrogens is 377 g/mol. The molecule has 0 atom stereocenters. The Morgan fingerprint density at radius 2 is 2.00 bits per heavy atom. The SMILES string of the molecule is COc1cc(/C=C2\OC(=O)C(Cl)=C2Cl)ccc1OCCc1ccccn1. The molecule has 0 unspecified atom stereocenters. The largest absolute Gasteiger partial charge is 0.493 e. The first-order valence-corrected chi connectivity index (χ1v) is 8.54. The van der Waals surface area contributed by atoms with Gasteiger partial charge in [0.05, 0.1) is 13.7 Å². The van der Waals surface area contributed by atoms with E-state index >= 15 is 0 Å². The molecule has 3 rings (SSSR count). The van der Waals surface area contributed by atoms with Crippen LogP contribution in [0.1, 0.15) is 11.3 Å². The molecule has 0 N–H and O–H groups in total. The summed E-state index contributed by atoms with van der Waals surface area (Å²) in [5.41, 5.74) is 1.68. The van der Waals surface area contributed by atoms with Crippen LogP contribution in [0.5, 0.6) is 11.5 Å². The van der Waals surface area contributed by atoms with E-state index in [-0.39, 0.29) is 15.8 Å². The number of esters is 1. The number of pyridine rings is 1. The van der Waals surface area contributed by atoms with Crippen molar-refractivity contribution in [2.45, 2.75) is 6.42 Å². The van der Waals surface area contributed by atoms with Gasteiger partial charge in [0.15, 0.2) is 17.3 Å². The molecule has 0 fully saturated rings. The molecule has 26 heavy (non-hydrogen) atoms. The number of rotatable bonds is 6. The Morgan fingerprint density at radius 3 is 2.65 bits per heavy atom. The third kappa shape index (κ3) is 4.18. The van der Waals surface area contributed by atoms with Gasteiger partial charge in [0.2, 0.25) is 0 Å². The fourth-order valence-electron chi connectivity index (χ4n) is 2.34. The molecule has 1 aliphatic heterocycles. The predicted molar refractivity (Wildman–Crippen MR) is 99.2 cm³/mol. The van der Waals surface area contributed by atoms with Gasteiger partial charge in [0.1, 0.15) is 10.1 Å². The quantitative estimate of drug-likeness (QED) is 0.687. The summed E-state index contributed by atoms with van der Waals surface area (Å²) in [4.78, 5) is 15.7. The molecule has 0 aliphatic carbocycles. The maximum Gasteiger partial charge on any atom is 0.356 e. The summed E-state index contributed by atoms with van der Waals surface area (Å²) in [6, 6.07) is 11.1. The van der Waals surface area contributed by atoms with Crippen LogP contribution in [0.25, 0.3) is 6.08 Å². The number of carbonyl (C=O) groups excluding carboxylic acids is 1. The Balaban J connectivity index is 1.71. The van der Waals surface area contributed by atoms with Gasteiger partial charge < -0.3 is 14.2 Å². The summed E-state index contributed by atoms with van der Waals surface area (Å²) in [7, 11) is 1.55. The molecule has 1 aromatic carbocycles. The normalized spacial score (nSPS) is 15.3. The molecular formula is C19H15Cl2NO4. The van der Waals surface area contributed by atoms with E-state index < -0.39 is 5.97 Å². The standard InChI is InChI=1S/C19H15Cl2NO4/c1-24-15-10-12(11-16-17(20)18(21)19(23)26-16)5-6-14(15)25-9-7-13-4-2-3-8-22-13/h2-6,8,10-11H,7,9H2,1H3/b16-11-. The Morgan fingerprint density at radius 1 is 1.15 bits per heavy atom. The van der Waals surface area contributed by atoms with Crippen LogP contribution in [0, 0.1) is 0 Å². The van der Waals surface area contributed by atoms with Crippen molar-refractivity contribution >= 4 is 35.2 Å². The number of cyclic esters (lactones) is 1. The topological polar surface area (TPSA) is 57.7 Å². The van der Waals surface area contributed by atoms with Crippen molar-refractivity contribution in [2.24, 2.45) is 0 Å². The summed E-state index contributed by atoms with van der Waals surface area (Å²) < 4.78 is 16.2. The van der Waals surface area contributed by atoms with Crippen LogP contribution >= 0.6 is 23.2 Å². The Labute approximate surface area is 160 Å². The van der Waals surface area contributed by atoms with Crippen LogP contribution in [0.15, 0.2) is 58.4 Å². The first-order valence-electron chi connectivity index (χ1n) is 7.78. The van der Waals surface area contributed by atoms with Gasteiger partial charge in [0, 0.05) is 18.3 Å². The summed E-state index contributed by atoms with van der Waals surface area (Å²) in [5, 5.41) is -0.0364. The van der Waals surface area contributed by atoms with E-state index in [0.717, 1.165) is 11.3 Å². The Kier molecular flexibility index (Phi) is 5.81. The molecule has 7 heteroatoms. The highest BCUT2D eigenvalue weighted by molar-refractivity contribution is 6.50. The second-order valence-corrected chi connectivity index (χ2v) is 6.11. The van der Waals surface area contributed by atoms with Crippen LogP contribution in [-0.4, -0.2) is 24.7 Å². The van der Waals surface area contributed by atoms with Gasteiger partial charge in [-0.1, -0.05) is 35.3 Å². The van der Waals surface area contributed by atoms with Crippen LogP contribution < -0.4 is 9.47 Å². The van der Waals surface area contributed by atoms with E-state index in [4.69, 9.17) is 37.4 Å². The van der Waals surface area contributed by atoms with Crippen molar-refractivity contribution in [3.8, 4) is 11.5 Å². The number of ether oxygens (including phenoxy) is 3. The van der Waals surface area contributed by atoms with Gasteiger partial charge in [0.25, 0.3) is 0 Å². The maximum atomic E-state index is 11.4. The van der Waals surface area contributed by atoms with Gasteiger partial charge in [-0.25, -0.2) is 4.79 Å². The molecule has 0 amide bonds. The molecule has 0 bridgehead atoms. The summed E-state index contributed by atoms with van der Waals surface area (Å²) in [5.74, 6) is 0.696. The summed E-state index contributed by atoms with van der Waals surface area (Å²) in [6.07, 6.45) is 4.04. The number of hydrogen-bond donors (Lipinski definition) is 0. The van der Waals surface area contributed by atoms with Crippen molar-refractivity contribution < 1.29 is 19.0 Å². The zero-order valence-corrected chi connectivity index (χ0v) is 15.4. The van der Waals surface area contributed by atoms with Crippen LogP contribution in [0.3, 0.4) is 0 Å². The number of methoxy groups -OCH3 is 1. The number of carbonyl (C=O) groups is 1. The lowest BCUT2D eigenvalue weighted by Gasteiger charge is -2.11. The molecule has 2 aromatic rings. The highest BCUT2D eigenvalue weighted by Gasteiger charge is 2.27. The van der Waals surface area contributed by atoms with Crippen LogP contribution in [0.2, 0.25) is 0 Å². The molecule has 1 aromatic heterocycles. The number of nitrogens with zero attached hydrogens (tertiary/aromatic N) is 1. The number of benzene rings is 1. The first-order chi connectivity index (χ1) is 12.6. The van der Waals surface area contributed by atoms with Crippen molar-refractivity contribution in [1.82, 2.24) is 4.98 Å². The Hall–Kier alpha value is -2.50. The molecule has 0 saturated heterocycles. The van der Waals surface area contributed by atoms with Crippen molar-refractivity contribution in [3.05, 3.63) is 69.7 Å². The lowest BCUT2D eigenvalue weighted by molar-refractivity contribution is -0.132. The number of halogens is 2. The summed E-state index contributed by atoms with van der Waals surface area (Å²) in [6.45, 7) is 0.468. The molecule has 0 spiro atoms. The van der Waals surface area contributed by atoms with Gasteiger partial charge >= 0.3 is 5.97 Å². The molecule has 5 nitrogen and oxygen atoms in total. The lowest BCUT2D eigenvalue weighted by atomic mass is 10.1. The fraction of sp³-hybridized carbons (Fsp3) is 0.158. The molecule has 0 radical (unpaired) electrons. The minimum Gasteiger partial charge on any atom is -0.493 e. The van der Waals surface area contributed by atoms with Crippen LogP contribution in [-0.2, 0) is 16.0 Å². The number of hydrogen-bond acceptors (Lipinski definition) is 5. The molecule has 0 saturated carbocycles. The third-order valence-corrected chi connectivity index (χ3v) is 4.43. The van der Waals surface area contributed by atoms with Gasteiger partial charge in [-0.3, -0.25) is 4.98 Å². The second-order valence-electron chi connectivity index (χ2n) is 5.36. The minimum absolute atomic E-state index is 0.0892. The lowest BCUT2D eigenvalue weighted by Crippen LogP contribution is -2.04. The number of allylic oxidation sites excluding steroid dienone is 1. The first kappa shape index (κ1) is 18.3. The van der Waals surface area contributed by atoms with Gasteiger partial charge in [-0.15, -0.1) is 0 Å². The summed E-state index contributed by atoms with van der Waals surface area (Å²) >= 11 is 11.7. The van der Waals surface area contributed by atoms with E-state index in [9.17, 15) is 4.79 Å². The minimum atomic E-state index is -0.663. The van der Waals surface area contributed by atoms with E-state index in [2.05, 4.69) is 4.98 Å². The fourth-order valence-corrected chi connectivity index (χ4v) is 2.64. The third-order valence-electron chi connectivity index (χ3n) is 3.62. The average molecular weight is 392 g/mol. The maximum absolute atomic E-state index is 11.4. The Bertz CT molecular complexity index is 878. The van der Waals surface area contributed by atoms with Gasteiger partial charge in [-0.2, -0.15) is 0 Å². The van der Waals surface area contributed by atoms with Crippen molar-refractivity contribution in [2.75, 3.05) is 13.7 Å². The zero-order valence-electron chi connectivity index (χ0n) is 13.9.